The summed E-state index contributed by atoms with van der Waals surface area (Å²) in [6, 6.07) is 5.42. The van der Waals surface area contributed by atoms with E-state index in [9.17, 15) is 10.2 Å². The van der Waals surface area contributed by atoms with Crippen LogP contribution in [0.25, 0.3) is 0 Å². The molecule has 17 heavy (non-hydrogen) atoms. The Labute approximate surface area is 106 Å². The Morgan fingerprint density at radius 2 is 2.24 bits per heavy atom. The Kier molecular flexibility index (Phi) is 4.18. The summed E-state index contributed by atoms with van der Waals surface area (Å²) < 4.78 is 0. The van der Waals surface area contributed by atoms with E-state index >= 15 is 0 Å². The summed E-state index contributed by atoms with van der Waals surface area (Å²) in [7, 11) is 0. The van der Waals surface area contributed by atoms with Gasteiger partial charge < -0.3 is 15.5 Å². The number of benzene rings is 1. The molecule has 0 radical (unpaired) electrons. The number of nitrogens with one attached hydrogen (secondary N) is 1. The lowest BCUT2D eigenvalue weighted by molar-refractivity contribution is 0.417. The van der Waals surface area contributed by atoms with Gasteiger partial charge in [0.1, 0.15) is 11.5 Å². The van der Waals surface area contributed by atoms with Crippen LogP contribution in [0.5, 0.6) is 11.5 Å². The molecule has 1 saturated heterocycles. The van der Waals surface area contributed by atoms with Crippen LogP contribution in [0.15, 0.2) is 18.2 Å². The normalized spacial score (nSPS) is 22.3. The average molecular weight is 253 g/mol. The minimum Gasteiger partial charge on any atom is -0.508 e. The highest BCUT2D eigenvalue weighted by Crippen LogP contribution is 2.29. The lowest BCUT2D eigenvalue weighted by atomic mass is 10.0. The second-order valence-electron chi connectivity index (χ2n) is 4.55. The molecule has 94 valence electrons. The van der Waals surface area contributed by atoms with Crippen molar-refractivity contribution < 1.29 is 10.2 Å². The second kappa shape index (κ2) is 5.65. The van der Waals surface area contributed by atoms with Crippen LogP contribution in [0.1, 0.15) is 31.4 Å². The highest BCUT2D eigenvalue weighted by molar-refractivity contribution is 7.99. The number of hydrogen-bond acceptors (Lipinski definition) is 4. The molecule has 0 aliphatic carbocycles. The molecule has 1 aliphatic heterocycles. The zero-order valence-electron chi connectivity index (χ0n) is 10.0. The van der Waals surface area contributed by atoms with E-state index in [1.165, 1.54) is 24.7 Å². The maximum absolute atomic E-state index is 9.79. The lowest BCUT2D eigenvalue weighted by Gasteiger charge is -2.26. The molecular weight excluding hydrogens is 234 g/mol. The molecule has 2 atom stereocenters. The second-order valence-corrected chi connectivity index (χ2v) is 5.70. The molecule has 3 N–H and O–H groups in total. The molecular formula is C13H19NO2S. The van der Waals surface area contributed by atoms with Gasteiger partial charge in [0.25, 0.3) is 0 Å². The van der Waals surface area contributed by atoms with Crippen molar-refractivity contribution in [1.29, 1.82) is 0 Å². The summed E-state index contributed by atoms with van der Waals surface area (Å²) in [6.07, 6.45) is 2.47. The molecule has 3 nitrogen and oxygen atoms in total. The predicted octanol–water partition coefficient (Wildman–Crippen LogP) is 2.64. The van der Waals surface area contributed by atoms with Gasteiger partial charge in [0.15, 0.2) is 0 Å². The van der Waals surface area contributed by atoms with Gasteiger partial charge in [-0.2, -0.15) is 11.8 Å². The van der Waals surface area contributed by atoms with Gasteiger partial charge in [-0.25, -0.2) is 0 Å². The Bertz CT molecular complexity index is 378. The monoisotopic (exact) mass is 253 g/mol. The molecule has 0 aromatic heterocycles. The zero-order chi connectivity index (χ0) is 12.3. The molecule has 1 aliphatic rings. The van der Waals surface area contributed by atoms with E-state index in [4.69, 9.17) is 0 Å². The first-order chi connectivity index (χ1) is 8.16. The maximum Gasteiger partial charge on any atom is 0.124 e. The molecule has 1 heterocycles. The van der Waals surface area contributed by atoms with Crippen molar-refractivity contribution >= 4 is 11.8 Å². The van der Waals surface area contributed by atoms with Crippen molar-refractivity contribution in [2.75, 3.05) is 11.5 Å². The van der Waals surface area contributed by atoms with Gasteiger partial charge in [-0.05, 0) is 31.6 Å². The van der Waals surface area contributed by atoms with Gasteiger partial charge in [-0.1, -0.05) is 6.07 Å². The summed E-state index contributed by atoms with van der Waals surface area (Å²) >= 11 is 1.98. The topological polar surface area (TPSA) is 52.5 Å². The highest BCUT2D eigenvalue weighted by atomic mass is 32.2. The number of phenolic OH excluding ortho intramolecular Hbond substituents is 2. The summed E-state index contributed by atoms with van der Waals surface area (Å²) in [5.41, 5.74) is 0.846. The standard InChI is InChI=1S/C13H19NO2S/c1-9(14-10-3-2-6-17-8-10)12-5-4-11(15)7-13(12)16/h4-5,7,9-10,14-16H,2-3,6,8H2,1H3. The quantitative estimate of drug-likeness (QED) is 0.775. The third-order valence-corrected chi connectivity index (χ3v) is 4.34. The van der Waals surface area contributed by atoms with E-state index in [1.807, 2.05) is 18.7 Å². The van der Waals surface area contributed by atoms with Crippen molar-refractivity contribution in [2.45, 2.75) is 31.8 Å². The van der Waals surface area contributed by atoms with E-state index in [1.54, 1.807) is 12.1 Å². The van der Waals surface area contributed by atoms with Gasteiger partial charge in [-0.15, -0.1) is 0 Å². The summed E-state index contributed by atoms with van der Waals surface area (Å²) in [6.45, 7) is 2.05. The maximum atomic E-state index is 9.79. The smallest absolute Gasteiger partial charge is 0.124 e. The van der Waals surface area contributed by atoms with Gasteiger partial charge in [0, 0.05) is 29.5 Å². The van der Waals surface area contributed by atoms with Crippen LogP contribution in [0.3, 0.4) is 0 Å². The van der Waals surface area contributed by atoms with Gasteiger partial charge >= 0.3 is 0 Å². The van der Waals surface area contributed by atoms with Crippen molar-refractivity contribution in [3.05, 3.63) is 23.8 Å². The number of rotatable bonds is 3. The average Bonchev–Trinajstić information content (AvgIpc) is 2.30. The van der Waals surface area contributed by atoms with Crippen LogP contribution < -0.4 is 5.32 Å². The van der Waals surface area contributed by atoms with Crippen molar-refractivity contribution in [3.8, 4) is 11.5 Å². The van der Waals surface area contributed by atoms with E-state index < -0.39 is 0 Å². The number of thioether (sulfide) groups is 1. The van der Waals surface area contributed by atoms with E-state index in [0.29, 0.717) is 6.04 Å². The van der Waals surface area contributed by atoms with Crippen LogP contribution in [0, 0.1) is 0 Å². The number of phenols is 2. The molecule has 0 bridgehead atoms. The highest BCUT2D eigenvalue weighted by Gasteiger charge is 2.18. The largest absolute Gasteiger partial charge is 0.508 e. The minimum atomic E-state index is 0.103. The fraction of sp³-hybridized carbons (Fsp3) is 0.538. The molecule has 2 rings (SSSR count). The number of hydrogen-bond donors (Lipinski definition) is 3. The van der Waals surface area contributed by atoms with Crippen molar-refractivity contribution in [1.82, 2.24) is 5.32 Å². The third-order valence-electron chi connectivity index (χ3n) is 3.13. The Balaban J connectivity index is 2.00. The van der Waals surface area contributed by atoms with E-state index in [2.05, 4.69) is 5.32 Å². The molecule has 1 fully saturated rings. The Morgan fingerprint density at radius 3 is 2.88 bits per heavy atom. The van der Waals surface area contributed by atoms with Crippen molar-refractivity contribution in [3.63, 3.8) is 0 Å². The van der Waals surface area contributed by atoms with Crippen LogP contribution in [-0.2, 0) is 0 Å². The zero-order valence-corrected chi connectivity index (χ0v) is 10.8. The van der Waals surface area contributed by atoms with Crippen molar-refractivity contribution in [2.24, 2.45) is 0 Å². The van der Waals surface area contributed by atoms with Gasteiger partial charge in [-0.3, -0.25) is 0 Å². The molecule has 1 aromatic rings. The third kappa shape index (κ3) is 3.30. The lowest BCUT2D eigenvalue weighted by Crippen LogP contribution is -2.35. The first kappa shape index (κ1) is 12.6. The van der Waals surface area contributed by atoms with Crippen LogP contribution in [0.2, 0.25) is 0 Å². The fourth-order valence-electron chi connectivity index (χ4n) is 2.21. The predicted molar refractivity (Wildman–Crippen MR) is 71.7 cm³/mol. The van der Waals surface area contributed by atoms with E-state index in [0.717, 1.165) is 11.3 Å². The van der Waals surface area contributed by atoms with Gasteiger partial charge in [0.2, 0.25) is 0 Å². The summed E-state index contributed by atoms with van der Waals surface area (Å²) in [5, 5.41) is 22.6. The van der Waals surface area contributed by atoms with Crippen LogP contribution in [0.4, 0.5) is 0 Å². The Morgan fingerprint density at radius 1 is 1.41 bits per heavy atom. The minimum absolute atomic E-state index is 0.103. The summed E-state index contributed by atoms with van der Waals surface area (Å²) in [5.74, 6) is 2.67. The van der Waals surface area contributed by atoms with Gasteiger partial charge in [0.05, 0.1) is 0 Å². The first-order valence-electron chi connectivity index (χ1n) is 6.02. The molecule has 1 aromatic carbocycles. The summed E-state index contributed by atoms with van der Waals surface area (Å²) in [4.78, 5) is 0. The fourth-order valence-corrected chi connectivity index (χ4v) is 3.30. The molecule has 0 saturated carbocycles. The first-order valence-corrected chi connectivity index (χ1v) is 7.18. The molecule has 2 unspecified atom stereocenters. The Hall–Kier alpha value is -0.870. The van der Waals surface area contributed by atoms with Crippen LogP contribution in [-0.4, -0.2) is 27.8 Å². The van der Waals surface area contributed by atoms with Crippen LogP contribution >= 0.6 is 11.8 Å². The SMILES string of the molecule is CC(NC1CCCSC1)c1ccc(O)cc1O. The molecule has 0 amide bonds. The molecule has 0 spiro atoms. The molecule has 4 heteroatoms. The van der Waals surface area contributed by atoms with E-state index in [-0.39, 0.29) is 17.5 Å². The number of aromatic hydroxyl groups is 2.